The van der Waals surface area contributed by atoms with E-state index >= 15 is 0 Å². The first-order valence-corrected chi connectivity index (χ1v) is 8.11. The molecule has 0 saturated carbocycles. The van der Waals surface area contributed by atoms with E-state index in [1.54, 1.807) is 38.2 Å². The van der Waals surface area contributed by atoms with Gasteiger partial charge in [-0.05, 0) is 30.7 Å². The fourth-order valence-electron chi connectivity index (χ4n) is 2.03. The van der Waals surface area contributed by atoms with Crippen molar-refractivity contribution in [2.75, 3.05) is 12.4 Å². The minimum absolute atomic E-state index is 0.0517. The Hall–Kier alpha value is -1.82. The molecule has 0 aliphatic heterocycles. The van der Waals surface area contributed by atoms with Crippen LogP contribution >= 0.6 is 0 Å². The second-order valence-electron chi connectivity index (χ2n) is 4.41. The van der Waals surface area contributed by atoms with Crippen LogP contribution in [0.1, 0.15) is 19.4 Å². The summed E-state index contributed by atoms with van der Waals surface area (Å²) in [6.07, 6.45) is 1.84. The molecule has 0 aliphatic rings. The number of aromatic nitrogens is 1. The lowest BCUT2D eigenvalue weighted by Crippen LogP contribution is -2.07. The molecule has 1 N–H and O–H groups in total. The third-order valence-electron chi connectivity index (χ3n) is 3.12. The van der Waals surface area contributed by atoms with E-state index in [4.69, 9.17) is 4.74 Å². The van der Waals surface area contributed by atoms with Gasteiger partial charge in [-0.2, -0.15) is 0 Å². The fourth-order valence-corrected chi connectivity index (χ4v) is 2.94. The number of hydrogen-bond donors (Lipinski definition) is 1. The van der Waals surface area contributed by atoms with Crippen LogP contribution in [-0.2, 0) is 25.8 Å². The van der Waals surface area contributed by atoms with E-state index in [2.05, 4.69) is 4.98 Å². The average Bonchev–Trinajstić information content (AvgIpc) is 2.81. The number of nitrogens with one attached hydrogen (secondary N) is 1. The van der Waals surface area contributed by atoms with E-state index in [0.717, 1.165) is 16.5 Å². The third kappa shape index (κ3) is 2.85. The van der Waals surface area contributed by atoms with Gasteiger partial charge in [0.2, 0.25) is 0 Å². The molecule has 2 rings (SSSR count). The van der Waals surface area contributed by atoms with Gasteiger partial charge in [-0.25, -0.2) is 8.42 Å². The average molecular weight is 295 g/mol. The summed E-state index contributed by atoms with van der Waals surface area (Å²) in [6, 6.07) is 4.90. The molecule has 0 saturated heterocycles. The van der Waals surface area contributed by atoms with Crippen molar-refractivity contribution in [2.24, 2.45) is 0 Å². The summed E-state index contributed by atoms with van der Waals surface area (Å²) < 4.78 is 28.7. The predicted molar refractivity (Wildman–Crippen MR) is 76.4 cm³/mol. The molecule has 0 fully saturated rings. The maximum Gasteiger partial charge on any atom is 0.310 e. The number of sulfone groups is 1. The molecule has 20 heavy (non-hydrogen) atoms. The maximum atomic E-state index is 11.9. The molecule has 108 valence electrons. The van der Waals surface area contributed by atoms with Crippen LogP contribution in [0.4, 0.5) is 0 Å². The Labute approximate surface area is 117 Å². The first-order valence-electron chi connectivity index (χ1n) is 6.46. The topological polar surface area (TPSA) is 76.2 Å². The summed E-state index contributed by atoms with van der Waals surface area (Å²) in [6.45, 7) is 3.69. The van der Waals surface area contributed by atoms with E-state index in [1.807, 2.05) is 0 Å². The number of fused-ring (bicyclic) bond motifs is 1. The highest BCUT2D eigenvalue weighted by molar-refractivity contribution is 7.91. The molecule has 0 radical (unpaired) electrons. The number of hydrogen-bond acceptors (Lipinski definition) is 4. The Morgan fingerprint density at radius 1 is 1.30 bits per heavy atom. The first kappa shape index (κ1) is 14.6. The van der Waals surface area contributed by atoms with Gasteiger partial charge in [-0.1, -0.05) is 6.92 Å². The Bertz CT molecular complexity index is 731. The largest absolute Gasteiger partial charge is 0.466 e. The van der Waals surface area contributed by atoms with Crippen molar-refractivity contribution in [3.05, 3.63) is 30.0 Å². The number of carbonyl (C=O) groups excluding carboxylic acids is 1. The van der Waals surface area contributed by atoms with Gasteiger partial charge < -0.3 is 9.72 Å². The molecule has 1 aromatic heterocycles. The van der Waals surface area contributed by atoms with Crippen molar-refractivity contribution in [3.8, 4) is 0 Å². The molecule has 0 amide bonds. The van der Waals surface area contributed by atoms with E-state index in [0.29, 0.717) is 6.61 Å². The molecule has 0 unspecified atom stereocenters. The summed E-state index contributed by atoms with van der Waals surface area (Å²) in [5.74, 6) is -0.270. The Morgan fingerprint density at radius 3 is 2.70 bits per heavy atom. The SMILES string of the molecule is CCOC(=O)Cc1c[nH]c2ccc(S(=O)(=O)CC)cc12. The molecular formula is C14H17NO4S. The minimum atomic E-state index is -3.25. The van der Waals surface area contributed by atoms with Crippen LogP contribution in [0.15, 0.2) is 29.3 Å². The molecule has 1 aromatic carbocycles. The molecular weight excluding hydrogens is 278 g/mol. The zero-order valence-corrected chi connectivity index (χ0v) is 12.3. The standard InChI is InChI=1S/C14H17NO4S/c1-3-19-14(16)7-10-9-15-13-6-5-11(8-12(10)13)20(17,18)4-2/h5-6,8-9,15H,3-4,7H2,1-2H3. The van der Waals surface area contributed by atoms with Gasteiger partial charge in [0.25, 0.3) is 0 Å². The van der Waals surface area contributed by atoms with Crippen LogP contribution in [0.2, 0.25) is 0 Å². The van der Waals surface area contributed by atoms with E-state index in [-0.39, 0.29) is 23.0 Å². The van der Waals surface area contributed by atoms with Gasteiger partial charge in [-0.3, -0.25) is 4.79 Å². The van der Waals surface area contributed by atoms with Gasteiger partial charge in [0.15, 0.2) is 9.84 Å². The molecule has 6 heteroatoms. The minimum Gasteiger partial charge on any atom is -0.466 e. The van der Waals surface area contributed by atoms with Gasteiger partial charge in [-0.15, -0.1) is 0 Å². The fraction of sp³-hybridized carbons (Fsp3) is 0.357. The molecule has 2 aromatic rings. The van der Waals surface area contributed by atoms with Crippen molar-refractivity contribution in [1.82, 2.24) is 4.98 Å². The van der Waals surface area contributed by atoms with Crippen LogP contribution in [-0.4, -0.2) is 31.7 Å². The van der Waals surface area contributed by atoms with Crippen LogP contribution in [0.3, 0.4) is 0 Å². The lowest BCUT2D eigenvalue weighted by molar-refractivity contribution is -0.142. The van der Waals surface area contributed by atoms with Crippen molar-refractivity contribution in [3.63, 3.8) is 0 Å². The number of aromatic amines is 1. The molecule has 5 nitrogen and oxygen atoms in total. The normalized spacial score (nSPS) is 11.7. The molecule has 0 spiro atoms. The summed E-state index contributed by atoms with van der Waals surface area (Å²) >= 11 is 0. The van der Waals surface area contributed by atoms with Crippen molar-refractivity contribution in [1.29, 1.82) is 0 Å². The van der Waals surface area contributed by atoms with Gasteiger partial charge in [0, 0.05) is 17.1 Å². The van der Waals surface area contributed by atoms with Crippen LogP contribution in [0, 0.1) is 0 Å². The number of carbonyl (C=O) groups is 1. The number of rotatable bonds is 5. The lowest BCUT2D eigenvalue weighted by Gasteiger charge is -2.03. The van der Waals surface area contributed by atoms with Crippen molar-refractivity contribution >= 4 is 26.7 Å². The Morgan fingerprint density at radius 2 is 2.05 bits per heavy atom. The number of benzene rings is 1. The highest BCUT2D eigenvalue weighted by Gasteiger charge is 2.15. The molecule has 1 heterocycles. The second kappa shape index (κ2) is 5.66. The Balaban J connectivity index is 2.43. The number of esters is 1. The summed E-state index contributed by atoms with van der Waals surface area (Å²) in [7, 11) is -3.25. The van der Waals surface area contributed by atoms with Gasteiger partial charge >= 0.3 is 5.97 Å². The smallest absolute Gasteiger partial charge is 0.310 e. The van der Waals surface area contributed by atoms with Crippen molar-refractivity contribution in [2.45, 2.75) is 25.2 Å². The quantitative estimate of drug-likeness (QED) is 0.857. The second-order valence-corrected chi connectivity index (χ2v) is 6.68. The van der Waals surface area contributed by atoms with Crippen molar-refractivity contribution < 1.29 is 17.9 Å². The summed E-state index contributed by atoms with van der Waals surface area (Å²) in [5.41, 5.74) is 1.55. The lowest BCUT2D eigenvalue weighted by atomic mass is 10.1. The molecule has 0 bridgehead atoms. The monoisotopic (exact) mass is 295 g/mol. The predicted octanol–water partition coefficient (Wildman–Crippen LogP) is 2.07. The third-order valence-corrected chi connectivity index (χ3v) is 4.85. The highest BCUT2D eigenvalue weighted by Crippen LogP contribution is 2.23. The molecule has 0 aliphatic carbocycles. The highest BCUT2D eigenvalue weighted by atomic mass is 32.2. The maximum absolute atomic E-state index is 11.9. The van der Waals surface area contributed by atoms with E-state index < -0.39 is 9.84 Å². The van der Waals surface area contributed by atoms with Crippen LogP contribution in [0.5, 0.6) is 0 Å². The zero-order chi connectivity index (χ0) is 14.8. The van der Waals surface area contributed by atoms with Gasteiger partial charge in [0.1, 0.15) is 0 Å². The Kier molecular flexibility index (Phi) is 4.13. The number of H-pyrrole nitrogens is 1. The van der Waals surface area contributed by atoms with Crippen LogP contribution < -0.4 is 0 Å². The summed E-state index contributed by atoms with van der Waals surface area (Å²) in [5, 5.41) is 0.743. The van der Waals surface area contributed by atoms with Crippen LogP contribution in [0.25, 0.3) is 10.9 Å². The van der Waals surface area contributed by atoms with E-state index in [1.165, 1.54) is 0 Å². The van der Waals surface area contributed by atoms with E-state index in [9.17, 15) is 13.2 Å². The summed E-state index contributed by atoms with van der Waals surface area (Å²) in [4.78, 5) is 14.8. The molecule has 0 atom stereocenters. The number of ether oxygens (including phenoxy) is 1. The zero-order valence-electron chi connectivity index (χ0n) is 11.5. The van der Waals surface area contributed by atoms with Gasteiger partial charge in [0.05, 0.1) is 23.7 Å². The first-order chi connectivity index (χ1) is 9.47.